The lowest BCUT2D eigenvalue weighted by Crippen LogP contribution is -2.10. The molecule has 2 fully saturated rings. The molecule has 0 spiro atoms. The Hall–Kier alpha value is -0.490. The fourth-order valence-electron chi connectivity index (χ4n) is 3.96. The van der Waals surface area contributed by atoms with E-state index >= 15 is 0 Å². The highest BCUT2D eigenvalue weighted by molar-refractivity contribution is 6.21. The van der Waals surface area contributed by atoms with Gasteiger partial charge in [-0.3, -0.25) is 0 Å². The third-order valence-electron chi connectivity index (χ3n) is 5.39. The average molecular weight is 291 g/mol. The van der Waals surface area contributed by atoms with Crippen LogP contribution in [0.4, 0.5) is 0 Å². The Balaban J connectivity index is 1.87. The summed E-state index contributed by atoms with van der Waals surface area (Å²) >= 11 is 6.88. The van der Waals surface area contributed by atoms with E-state index in [-0.39, 0.29) is 5.38 Å². The van der Waals surface area contributed by atoms with Crippen molar-refractivity contribution in [3.05, 3.63) is 34.9 Å². The first-order valence-corrected chi connectivity index (χ1v) is 8.68. The Kier molecular flexibility index (Phi) is 3.88. The molecule has 110 valence electrons. The lowest BCUT2D eigenvalue weighted by molar-refractivity contribution is 0.469. The van der Waals surface area contributed by atoms with E-state index in [1.54, 1.807) is 0 Å². The van der Waals surface area contributed by atoms with E-state index in [1.165, 1.54) is 36.0 Å². The molecular weight excluding hydrogens is 264 g/mol. The molecule has 0 radical (unpaired) electrons. The summed E-state index contributed by atoms with van der Waals surface area (Å²) in [6.07, 6.45) is 4.20. The molecule has 3 atom stereocenters. The second-order valence-corrected chi connectivity index (χ2v) is 8.06. The molecule has 2 saturated carbocycles. The number of hydrogen-bond acceptors (Lipinski definition) is 0. The zero-order valence-electron chi connectivity index (χ0n) is 13.2. The first-order valence-electron chi connectivity index (χ1n) is 8.25. The molecule has 0 N–H and O–H groups in total. The molecule has 0 aliphatic heterocycles. The van der Waals surface area contributed by atoms with Crippen molar-refractivity contribution in [3.63, 3.8) is 0 Å². The average Bonchev–Trinajstić information content (AvgIpc) is 3.03. The van der Waals surface area contributed by atoms with Crippen LogP contribution in [0, 0.1) is 17.8 Å². The number of benzene rings is 1. The maximum Gasteiger partial charge on any atom is 0.0616 e. The predicted molar refractivity (Wildman–Crippen MR) is 87.5 cm³/mol. The van der Waals surface area contributed by atoms with Crippen molar-refractivity contribution >= 4 is 11.6 Å². The fourth-order valence-corrected chi connectivity index (χ4v) is 4.36. The Bertz CT molecular complexity index is 479. The van der Waals surface area contributed by atoms with Crippen molar-refractivity contribution in [2.75, 3.05) is 0 Å². The van der Waals surface area contributed by atoms with Crippen LogP contribution in [0.5, 0.6) is 0 Å². The molecule has 0 nitrogen and oxygen atoms in total. The van der Waals surface area contributed by atoms with E-state index in [4.69, 9.17) is 11.6 Å². The highest BCUT2D eigenvalue weighted by Crippen LogP contribution is 2.58. The molecule has 0 bridgehead atoms. The summed E-state index contributed by atoms with van der Waals surface area (Å²) in [6.45, 7) is 9.11. The molecular formula is C19H27Cl. The SMILES string of the molecule is CC(C)c1ccc(C(Cl)C2CC3CC3C2)c(C(C)C)c1. The topological polar surface area (TPSA) is 0 Å². The number of hydrogen-bond donors (Lipinski definition) is 0. The minimum atomic E-state index is 0.224. The van der Waals surface area contributed by atoms with Gasteiger partial charge in [0.2, 0.25) is 0 Å². The van der Waals surface area contributed by atoms with Gasteiger partial charge in [0.05, 0.1) is 5.38 Å². The zero-order valence-corrected chi connectivity index (χ0v) is 14.0. The van der Waals surface area contributed by atoms with Gasteiger partial charge in [0.1, 0.15) is 0 Å². The van der Waals surface area contributed by atoms with Crippen molar-refractivity contribution in [3.8, 4) is 0 Å². The molecule has 3 rings (SSSR count). The second-order valence-electron chi connectivity index (χ2n) is 7.59. The first-order chi connectivity index (χ1) is 9.47. The fraction of sp³-hybridized carbons (Fsp3) is 0.684. The van der Waals surface area contributed by atoms with Crippen LogP contribution < -0.4 is 0 Å². The van der Waals surface area contributed by atoms with Crippen LogP contribution in [0.2, 0.25) is 0 Å². The summed E-state index contributed by atoms with van der Waals surface area (Å²) in [5.74, 6) is 3.88. The standard InChI is InChI=1S/C19H27Cl/c1-11(2)13-5-6-17(18(10-13)12(3)4)19(20)16-8-14-7-15(14)9-16/h5-6,10-12,14-16,19H,7-9H2,1-4H3. The molecule has 20 heavy (non-hydrogen) atoms. The zero-order chi connectivity index (χ0) is 14.4. The number of alkyl halides is 1. The van der Waals surface area contributed by atoms with Crippen molar-refractivity contribution in [2.45, 2.75) is 64.2 Å². The van der Waals surface area contributed by atoms with Crippen molar-refractivity contribution in [2.24, 2.45) is 17.8 Å². The third-order valence-corrected chi connectivity index (χ3v) is 5.98. The second kappa shape index (κ2) is 5.37. The Labute approximate surface area is 128 Å². The molecule has 0 saturated heterocycles. The van der Waals surface area contributed by atoms with E-state index in [2.05, 4.69) is 45.9 Å². The van der Waals surface area contributed by atoms with Crippen molar-refractivity contribution in [1.29, 1.82) is 0 Å². The van der Waals surface area contributed by atoms with Crippen LogP contribution in [0.25, 0.3) is 0 Å². The van der Waals surface area contributed by atoms with Crippen molar-refractivity contribution in [1.82, 2.24) is 0 Å². The summed E-state index contributed by atoms with van der Waals surface area (Å²) in [6, 6.07) is 7.00. The van der Waals surface area contributed by atoms with E-state index in [0.717, 1.165) is 11.8 Å². The Morgan fingerprint density at radius 2 is 1.55 bits per heavy atom. The predicted octanol–water partition coefficient (Wildman–Crippen LogP) is 6.26. The smallest absolute Gasteiger partial charge is 0.0616 e. The monoisotopic (exact) mass is 290 g/mol. The molecule has 0 aromatic heterocycles. The third kappa shape index (κ3) is 2.64. The van der Waals surface area contributed by atoms with Crippen LogP contribution in [0.3, 0.4) is 0 Å². The van der Waals surface area contributed by atoms with Crippen LogP contribution in [0.15, 0.2) is 18.2 Å². The normalized spacial score (nSPS) is 29.9. The summed E-state index contributed by atoms with van der Waals surface area (Å²) in [5.41, 5.74) is 4.31. The van der Waals surface area contributed by atoms with E-state index in [1.807, 2.05) is 0 Å². The molecule has 2 aliphatic carbocycles. The van der Waals surface area contributed by atoms with Crippen LogP contribution in [-0.2, 0) is 0 Å². The molecule has 3 unspecified atom stereocenters. The van der Waals surface area contributed by atoms with Gasteiger partial charge >= 0.3 is 0 Å². The molecule has 2 aliphatic rings. The molecule has 0 heterocycles. The largest absolute Gasteiger partial charge is 0.118 e. The molecule has 0 amide bonds. The van der Waals surface area contributed by atoms with E-state index in [0.29, 0.717) is 17.8 Å². The number of rotatable bonds is 4. The van der Waals surface area contributed by atoms with Gasteiger partial charge in [-0.15, -0.1) is 11.6 Å². The van der Waals surface area contributed by atoms with Gasteiger partial charge in [0, 0.05) is 0 Å². The number of fused-ring (bicyclic) bond motifs is 1. The summed E-state index contributed by atoms with van der Waals surface area (Å²) in [5, 5.41) is 0.224. The van der Waals surface area contributed by atoms with Crippen LogP contribution >= 0.6 is 11.6 Å². The molecule has 1 heteroatoms. The highest BCUT2D eigenvalue weighted by atomic mass is 35.5. The van der Waals surface area contributed by atoms with Gasteiger partial charge in [0.25, 0.3) is 0 Å². The summed E-state index contributed by atoms with van der Waals surface area (Å²) in [7, 11) is 0. The Morgan fingerprint density at radius 1 is 0.900 bits per heavy atom. The summed E-state index contributed by atoms with van der Waals surface area (Å²) < 4.78 is 0. The number of halogens is 1. The van der Waals surface area contributed by atoms with E-state index < -0.39 is 0 Å². The van der Waals surface area contributed by atoms with Crippen LogP contribution in [0.1, 0.15) is 80.9 Å². The van der Waals surface area contributed by atoms with Crippen LogP contribution in [-0.4, -0.2) is 0 Å². The van der Waals surface area contributed by atoms with Crippen molar-refractivity contribution < 1.29 is 0 Å². The lowest BCUT2D eigenvalue weighted by atomic mass is 9.86. The summed E-state index contributed by atoms with van der Waals surface area (Å²) in [4.78, 5) is 0. The molecule has 1 aromatic rings. The van der Waals surface area contributed by atoms with Gasteiger partial charge in [0.15, 0.2) is 0 Å². The molecule has 1 aromatic carbocycles. The Morgan fingerprint density at radius 3 is 2.10 bits per heavy atom. The van der Waals surface area contributed by atoms with E-state index in [9.17, 15) is 0 Å². The maximum atomic E-state index is 6.88. The van der Waals surface area contributed by atoms with Gasteiger partial charge in [-0.25, -0.2) is 0 Å². The van der Waals surface area contributed by atoms with Gasteiger partial charge < -0.3 is 0 Å². The van der Waals surface area contributed by atoms with Gasteiger partial charge in [-0.05, 0) is 65.5 Å². The van der Waals surface area contributed by atoms with Gasteiger partial charge in [-0.2, -0.15) is 0 Å². The maximum absolute atomic E-state index is 6.88. The highest BCUT2D eigenvalue weighted by Gasteiger charge is 2.48. The lowest BCUT2D eigenvalue weighted by Gasteiger charge is -2.24. The first kappa shape index (κ1) is 14.4. The minimum absolute atomic E-state index is 0.224. The minimum Gasteiger partial charge on any atom is -0.118 e. The quantitative estimate of drug-likeness (QED) is 0.574. The van der Waals surface area contributed by atoms with Gasteiger partial charge in [-0.1, -0.05) is 45.9 Å².